The van der Waals surface area contributed by atoms with Crippen molar-refractivity contribution in [2.75, 3.05) is 0 Å². The number of hydrogen-bond donors (Lipinski definition) is 0. The van der Waals surface area contributed by atoms with E-state index >= 15 is 0 Å². The largest absolute Gasteiger partial charge is 0.429 e. The molecule has 0 aromatic heterocycles. The molecule has 0 bridgehead atoms. The minimum absolute atomic E-state index is 0.0174. The summed E-state index contributed by atoms with van der Waals surface area (Å²) in [4.78, 5) is 0. The van der Waals surface area contributed by atoms with Gasteiger partial charge in [-0.2, -0.15) is 8.78 Å². The molecule has 0 amide bonds. The van der Waals surface area contributed by atoms with Gasteiger partial charge in [-0.15, -0.1) is 0 Å². The summed E-state index contributed by atoms with van der Waals surface area (Å²) in [6, 6.07) is 2.19. The molecule has 6 heteroatoms. The average Bonchev–Trinajstić information content (AvgIpc) is 2.75. The van der Waals surface area contributed by atoms with Gasteiger partial charge in [0.1, 0.15) is 0 Å². The van der Waals surface area contributed by atoms with E-state index in [9.17, 15) is 22.0 Å². The Morgan fingerprint density at radius 2 is 1.44 bits per heavy atom. The highest BCUT2D eigenvalue weighted by atomic mass is 19.3. The normalized spacial score (nSPS) is 27.0. The van der Waals surface area contributed by atoms with E-state index in [0.717, 1.165) is 49.5 Å². The average molecular weight is 461 g/mol. The van der Waals surface area contributed by atoms with Crippen molar-refractivity contribution in [1.29, 1.82) is 0 Å². The third-order valence-electron chi connectivity index (χ3n) is 7.83. The van der Waals surface area contributed by atoms with Crippen LogP contribution in [0.2, 0.25) is 0 Å². The maximum atomic E-state index is 14.4. The number of aryl methyl sites for hydroxylation is 1. The monoisotopic (exact) mass is 460 g/mol. The summed E-state index contributed by atoms with van der Waals surface area (Å²) in [5, 5.41) is 0. The van der Waals surface area contributed by atoms with Crippen LogP contribution in [0.5, 0.6) is 5.75 Å². The molecule has 32 heavy (non-hydrogen) atoms. The van der Waals surface area contributed by atoms with Crippen molar-refractivity contribution in [2.45, 2.75) is 103 Å². The molecule has 0 atom stereocenters. The van der Waals surface area contributed by atoms with Crippen molar-refractivity contribution < 1.29 is 26.7 Å². The molecule has 2 aliphatic rings. The Bertz CT molecular complexity index is 719. The second-order valence-electron chi connectivity index (χ2n) is 10.0. The Labute approximate surface area is 189 Å². The Hall–Kier alpha value is -1.33. The summed E-state index contributed by atoms with van der Waals surface area (Å²) in [5.41, 5.74) is -0.857. The smallest absolute Gasteiger partial charge is 0.397 e. The highest BCUT2D eigenvalue weighted by Crippen LogP contribution is 2.44. The molecule has 2 aliphatic carbocycles. The molecule has 182 valence electrons. The highest BCUT2D eigenvalue weighted by Gasteiger charge is 2.36. The Kier molecular flexibility index (Phi) is 8.85. The van der Waals surface area contributed by atoms with E-state index in [4.69, 9.17) is 0 Å². The number of benzene rings is 1. The topological polar surface area (TPSA) is 9.23 Å². The highest BCUT2D eigenvalue weighted by molar-refractivity contribution is 5.38. The molecular weight excluding hydrogens is 423 g/mol. The lowest BCUT2D eigenvalue weighted by molar-refractivity contribution is -0.185. The summed E-state index contributed by atoms with van der Waals surface area (Å²) >= 11 is 0. The van der Waals surface area contributed by atoms with Crippen molar-refractivity contribution in [3.05, 3.63) is 29.1 Å². The van der Waals surface area contributed by atoms with Crippen LogP contribution in [0.4, 0.5) is 22.0 Å². The van der Waals surface area contributed by atoms with Gasteiger partial charge in [0.15, 0.2) is 11.6 Å². The van der Waals surface area contributed by atoms with E-state index in [2.05, 4.69) is 11.7 Å². The van der Waals surface area contributed by atoms with Crippen LogP contribution in [-0.4, -0.2) is 6.11 Å². The molecule has 1 aromatic rings. The molecule has 3 rings (SSSR count). The van der Waals surface area contributed by atoms with Gasteiger partial charge in [-0.25, -0.2) is 13.2 Å². The zero-order valence-electron chi connectivity index (χ0n) is 19.3. The van der Waals surface area contributed by atoms with Gasteiger partial charge < -0.3 is 4.74 Å². The lowest BCUT2D eigenvalue weighted by Gasteiger charge is -2.38. The molecule has 0 spiro atoms. The summed E-state index contributed by atoms with van der Waals surface area (Å²) in [7, 11) is 0. The fraction of sp³-hybridized carbons (Fsp3) is 0.769. The zero-order valence-corrected chi connectivity index (χ0v) is 19.3. The van der Waals surface area contributed by atoms with Gasteiger partial charge in [-0.1, -0.05) is 51.5 Å². The predicted octanol–water partition coefficient (Wildman–Crippen LogP) is 9.24. The number of rotatable bonds is 9. The van der Waals surface area contributed by atoms with Gasteiger partial charge in [0.2, 0.25) is 0 Å². The maximum Gasteiger partial charge on any atom is 0.397 e. The molecule has 0 saturated heterocycles. The predicted molar refractivity (Wildman–Crippen MR) is 117 cm³/mol. The molecule has 1 aromatic carbocycles. The first-order chi connectivity index (χ1) is 15.2. The Morgan fingerprint density at radius 3 is 1.94 bits per heavy atom. The standard InChI is InChI=1S/C26H37F5O/c1-3-4-18-6-10-20(11-7-18)21-12-8-19(9-13-21)15-16-26(30,31)32-22-14-5-17(2)23(24(22)27)25(28)29/h5,14,18-21,25H,3-4,6-13,15-16H2,1-2H3. The molecule has 0 unspecified atom stereocenters. The van der Waals surface area contributed by atoms with Crippen LogP contribution in [0.25, 0.3) is 0 Å². The van der Waals surface area contributed by atoms with Gasteiger partial charge in [-0.3, -0.25) is 0 Å². The molecule has 0 N–H and O–H groups in total. The second-order valence-corrected chi connectivity index (χ2v) is 10.0. The van der Waals surface area contributed by atoms with Crippen molar-refractivity contribution in [3.63, 3.8) is 0 Å². The summed E-state index contributed by atoms with van der Waals surface area (Å²) < 4.78 is 73.6. The minimum atomic E-state index is -3.58. The quantitative estimate of drug-likeness (QED) is 0.334. The van der Waals surface area contributed by atoms with Crippen LogP contribution in [0.3, 0.4) is 0 Å². The van der Waals surface area contributed by atoms with E-state index in [-0.39, 0.29) is 11.5 Å². The maximum absolute atomic E-state index is 14.4. The fourth-order valence-electron chi connectivity index (χ4n) is 5.91. The van der Waals surface area contributed by atoms with E-state index < -0.39 is 36.1 Å². The first kappa shape index (κ1) is 25.3. The van der Waals surface area contributed by atoms with E-state index in [1.165, 1.54) is 51.5 Å². The summed E-state index contributed by atoms with van der Waals surface area (Å²) in [6.45, 7) is 3.57. The first-order valence-electron chi connectivity index (χ1n) is 12.3. The van der Waals surface area contributed by atoms with E-state index in [1.807, 2.05) is 0 Å². The van der Waals surface area contributed by atoms with Crippen LogP contribution < -0.4 is 4.74 Å². The molecule has 1 nitrogen and oxygen atoms in total. The van der Waals surface area contributed by atoms with Gasteiger partial charge in [0, 0.05) is 0 Å². The third kappa shape index (κ3) is 6.60. The van der Waals surface area contributed by atoms with Gasteiger partial charge in [-0.05, 0) is 74.3 Å². The lowest BCUT2D eigenvalue weighted by atomic mass is 9.68. The Morgan fingerprint density at radius 1 is 0.906 bits per heavy atom. The van der Waals surface area contributed by atoms with Gasteiger partial charge in [0.25, 0.3) is 6.43 Å². The molecule has 2 fully saturated rings. The number of ether oxygens (including phenoxy) is 1. The lowest BCUT2D eigenvalue weighted by Crippen LogP contribution is -2.28. The zero-order chi connectivity index (χ0) is 23.3. The van der Waals surface area contributed by atoms with Gasteiger partial charge in [0.05, 0.1) is 12.0 Å². The van der Waals surface area contributed by atoms with Crippen LogP contribution in [0, 0.1) is 36.4 Å². The van der Waals surface area contributed by atoms with Crippen LogP contribution in [0.15, 0.2) is 12.1 Å². The molecule has 0 heterocycles. The van der Waals surface area contributed by atoms with E-state index in [1.54, 1.807) is 0 Å². The number of hydrogen-bond acceptors (Lipinski definition) is 1. The van der Waals surface area contributed by atoms with Crippen LogP contribution >= 0.6 is 0 Å². The van der Waals surface area contributed by atoms with Crippen molar-refractivity contribution in [2.24, 2.45) is 23.7 Å². The second kappa shape index (κ2) is 11.2. The van der Waals surface area contributed by atoms with Crippen molar-refractivity contribution in [1.82, 2.24) is 0 Å². The third-order valence-corrected chi connectivity index (χ3v) is 7.83. The number of alkyl halides is 4. The van der Waals surface area contributed by atoms with E-state index in [0.29, 0.717) is 6.42 Å². The minimum Gasteiger partial charge on any atom is -0.429 e. The summed E-state index contributed by atoms with van der Waals surface area (Å²) in [5.74, 6) is 0.427. The Balaban J connectivity index is 1.45. The SMILES string of the molecule is CCCC1CCC(C2CCC(CCC(F)(F)Oc3ccc(C)c(C(F)F)c3F)CC2)CC1. The molecule has 2 saturated carbocycles. The van der Waals surface area contributed by atoms with Crippen LogP contribution in [0.1, 0.15) is 102 Å². The van der Waals surface area contributed by atoms with Crippen LogP contribution in [-0.2, 0) is 0 Å². The molecule has 0 aliphatic heterocycles. The van der Waals surface area contributed by atoms with Gasteiger partial charge >= 0.3 is 6.11 Å². The first-order valence-corrected chi connectivity index (χ1v) is 12.3. The molecule has 0 radical (unpaired) electrons. The summed E-state index contributed by atoms with van der Waals surface area (Å²) in [6.07, 6.45) is 5.13. The molecular formula is C26H37F5O. The van der Waals surface area contributed by atoms with Crippen molar-refractivity contribution in [3.8, 4) is 5.75 Å². The van der Waals surface area contributed by atoms with Crippen molar-refractivity contribution >= 4 is 0 Å². The fourth-order valence-corrected chi connectivity index (χ4v) is 5.91. The number of halogens is 5.